The molecule has 0 aliphatic carbocycles. The average molecular weight is 441 g/mol. The SMILES string of the molecule is O=C(Nc1ccc(=O)n(Cc2ccc(Cl)c(Cl)c2)c1)c1cc2ccccc2oc1=O. The van der Waals surface area contributed by atoms with Gasteiger partial charge in [0.2, 0.25) is 0 Å². The lowest BCUT2D eigenvalue weighted by molar-refractivity contribution is 0.102. The summed E-state index contributed by atoms with van der Waals surface area (Å²) in [5.41, 5.74) is 0.391. The van der Waals surface area contributed by atoms with E-state index in [1.807, 2.05) is 0 Å². The minimum atomic E-state index is -0.740. The first kappa shape index (κ1) is 19.9. The molecular formula is C22H14Cl2N2O4. The molecule has 1 N–H and O–H groups in total. The number of hydrogen-bond acceptors (Lipinski definition) is 4. The van der Waals surface area contributed by atoms with Gasteiger partial charge in [-0.15, -0.1) is 0 Å². The van der Waals surface area contributed by atoms with Crippen molar-refractivity contribution in [3.63, 3.8) is 0 Å². The average Bonchev–Trinajstić information content (AvgIpc) is 2.72. The lowest BCUT2D eigenvalue weighted by atomic mass is 10.2. The van der Waals surface area contributed by atoms with E-state index >= 15 is 0 Å². The number of benzene rings is 2. The van der Waals surface area contributed by atoms with E-state index in [0.717, 1.165) is 5.56 Å². The first-order chi connectivity index (χ1) is 14.4. The molecule has 0 saturated heterocycles. The Morgan fingerprint density at radius 2 is 1.77 bits per heavy atom. The molecule has 150 valence electrons. The molecule has 0 saturated carbocycles. The van der Waals surface area contributed by atoms with Crippen molar-refractivity contribution in [3.8, 4) is 0 Å². The minimum Gasteiger partial charge on any atom is -0.422 e. The zero-order valence-corrected chi connectivity index (χ0v) is 16.9. The molecule has 2 heterocycles. The van der Waals surface area contributed by atoms with Crippen molar-refractivity contribution in [3.05, 3.63) is 109 Å². The van der Waals surface area contributed by atoms with Crippen molar-refractivity contribution in [2.45, 2.75) is 6.54 Å². The molecule has 1 amide bonds. The maximum absolute atomic E-state index is 12.6. The van der Waals surface area contributed by atoms with Crippen LogP contribution in [0.2, 0.25) is 10.0 Å². The zero-order valence-electron chi connectivity index (χ0n) is 15.4. The summed E-state index contributed by atoms with van der Waals surface area (Å²) in [5, 5.41) is 4.07. The van der Waals surface area contributed by atoms with Crippen LogP contribution in [0.15, 0.2) is 80.9 Å². The Labute approximate surface area is 180 Å². The highest BCUT2D eigenvalue weighted by Crippen LogP contribution is 2.23. The van der Waals surface area contributed by atoms with Gasteiger partial charge < -0.3 is 14.3 Å². The van der Waals surface area contributed by atoms with Crippen molar-refractivity contribution in [2.24, 2.45) is 0 Å². The molecule has 0 bridgehead atoms. The number of carbonyl (C=O) groups is 1. The van der Waals surface area contributed by atoms with Crippen LogP contribution in [-0.2, 0) is 6.54 Å². The van der Waals surface area contributed by atoms with Crippen LogP contribution < -0.4 is 16.5 Å². The molecular weight excluding hydrogens is 427 g/mol. The van der Waals surface area contributed by atoms with Crippen LogP contribution in [0, 0.1) is 0 Å². The standard InChI is InChI=1S/C22H14Cl2N2O4/c23-17-7-5-13(9-18(17)24)11-26-12-15(6-8-20(26)27)25-21(28)16-10-14-3-1-2-4-19(14)30-22(16)29/h1-10,12H,11H2,(H,25,28). The Morgan fingerprint density at radius 3 is 2.57 bits per heavy atom. The molecule has 30 heavy (non-hydrogen) atoms. The maximum atomic E-state index is 12.6. The molecule has 8 heteroatoms. The molecule has 0 spiro atoms. The van der Waals surface area contributed by atoms with Crippen molar-refractivity contribution < 1.29 is 9.21 Å². The van der Waals surface area contributed by atoms with Crippen LogP contribution in [-0.4, -0.2) is 10.5 Å². The topological polar surface area (TPSA) is 81.3 Å². The van der Waals surface area contributed by atoms with Crippen LogP contribution in [0.4, 0.5) is 5.69 Å². The monoisotopic (exact) mass is 440 g/mol. The van der Waals surface area contributed by atoms with E-state index < -0.39 is 11.5 Å². The molecule has 2 aromatic carbocycles. The van der Waals surface area contributed by atoms with E-state index in [1.165, 1.54) is 29.0 Å². The summed E-state index contributed by atoms with van der Waals surface area (Å²) in [4.78, 5) is 37.0. The Morgan fingerprint density at radius 1 is 0.967 bits per heavy atom. The second-order valence-corrected chi connectivity index (χ2v) is 7.39. The van der Waals surface area contributed by atoms with Crippen molar-refractivity contribution in [1.29, 1.82) is 0 Å². The Kier molecular flexibility index (Phi) is 5.44. The highest BCUT2D eigenvalue weighted by atomic mass is 35.5. The van der Waals surface area contributed by atoms with Gasteiger partial charge in [0, 0.05) is 17.6 Å². The third-order valence-corrected chi connectivity index (χ3v) is 5.20. The number of halogens is 2. The van der Waals surface area contributed by atoms with Crippen LogP contribution in [0.25, 0.3) is 11.0 Å². The summed E-state index contributed by atoms with van der Waals surface area (Å²) in [6, 6.07) is 16.3. The molecule has 0 unspecified atom stereocenters. The zero-order chi connectivity index (χ0) is 21.3. The third kappa shape index (κ3) is 4.15. The predicted octanol–water partition coefficient (Wildman–Crippen LogP) is 4.56. The maximum Gasteiger partial charge on any atom is 0.349 e. The fourth-order valence-electron chi connectivity index (χ4n) is 2.98. The van der Waals surface area contributed by atoms with Gasteiger partial charge in [0.15, 0.2) is 0 Å². The summed E-state index contributed by atoms with van der Waals surface area (Å²) < 4.78 is 6.61. The van der Waals surface area contributed by atoms with E-state index in [9.17, 15) is 14.4 Å². The van der Waals surface area contributed by atoms with Crippen LogP contribution >= 0.6 is 23.2 Å². The van der Waals surface area contributed by atoms with Gasteiger partial charge in [0.1, 0.15) is 11.1 Å². The molecule has 6 nitrogen and oxygen atoms in total. The fourth-order valence-corrected chi connectivity index (χ4v) is 3.30. The number of nitrogens with zero attached hydrogens (tertiary/aromatic N) is 1. The summed E-state index contributed by atoms with van der Waals surface area (Å²) in [7, 11) is 0. The Bertz CT molecular complexity index is 1390. The summed E-state index contributed by atoms with van der Waals surface area (Å²) in [6.45, 7) is 0.234. The van der Waals surface area contributed by atoms with Gasteiger partial charge in [-0.25, -0.2) is 4.79 Å². The normalized spacial score (nSPS) is 10.9. The van der Waals surface area contributed by atoms with Crippen LogP contribution in [0.5, 0.6) is 0 Å². The van der Waals surface area contributed by atoms with Gasteiger partial charge in [-0.05, 0) is 35.9 Å². The second kappa shape index (κ2) is 8.18. The fraction of sp³-hybridized carbons (Fsp3) is 0.0455. The number of carbonyl (C=O) groups excluding carboxylic acids is 1. The molecule has 4 aromatic rings. The third-order valence-electron chi connectivity index (χ3n) is 4.46. The van der Waals surface area contributed by atoms with Gasteiger partial charge in [-0.2, -0.15) is 0 Å². The number of para-hydroxylation sites is 1. The number of nitrogens with one attached hydrogen (secondary N) is 1. The molecule has 0 aliphatic rings. The van der Waals surface area contributed by atoms with Crippen molar-refractivity contribution in [1.82, 2.24) is 4.57 Å². The van der Waals surface area contributed by atoms with Gasteiger partial charge >= 0.3 is 5.63 Å². The number of anilines is 1. The molecule has 4 rings (SSSR count). The number of amides is 1. The Hall–Kier alpha value is -3.35. The quantitative estimate of drug-likeness (QED) is 0.471. The van der Waals surface area contributed by atoms with E-state index in [2.05, 4.69) is 5.32 Å². The van der Waals surface area contributed by atoms with Crippen molar-refractivity contribution in [2.75, 3.05) is 5.32 Å². The molecule has 0 atom stereocenters. The van der Waals surface area contributed by atoms with E-state index in [4.69, 9.17) is 27.6 Å². The van der Waals surface area contributed by atoms with Crippen molar-refractivity contribution >= 4 is 45.8 Å². The minimum absolute atomic E-state index is 0.129. The number of pyridine rings is 1. The van der Waals surface area contributed by atoms with E-state index in [0.29, 0.717) is 26.7 Å². The smallest absolute Gasteiger partial charge is 0.349 e. The largest absolute Gasteiger partial charge is 0.422 e. The number of rotatable bonds is 4. The Balaban J connectivity index is 1.61. The molecule has 2 aromatic heterocycles. The number of fused-ring (bicyclic) bond motifs is 1. The summed E-state index contributed by atoms with van der Waals surface area (Å²) >= 11 is 12.0. The highest BCUT2D eigenvalue weighted by molar-refractivity contribution is 6.42. The predicted molar refractivity (Wildman–Crippen MR) is 117 cm³/mol. The van der Waals surface area contributed by atoms with E-state index in [-0.39, 0.29) is 17.7 Å². The lowest BCUT2D eigenvalue weighted by Crippen LogP contribution is -2.23. The summed E-state index contributed by atoms with van der Waals surface area (Å²) in [6.07, 6.45) is 1.49. The molecule has 0 aliphatic heterocycles. The van der Waals surface area contributed by atoms with E-state index in [1.54, 1.807) is 42.5 Å². The molecule has 0 radical (unpaired) electrons. The first-order valence-corrected chi connectivity index (χ1v) is 9.65. The summed E-state index contributed by atoms with van der Waals surface area (Å²) in [5.74, 6) is -0.630. The van der Waals surface area contributed by atoms with Gasteiger partial charge in [0.25, 0.3) is 11.5 Å². The van der Waals surface area contributed by atoms with Gasteiger partial charge in [-0.3, -0.25) is 9.59 Å². The number of hydrogen-bond donors (Lipinski definition) is 1. The first-order valence-electron chi connectivity index (χ1n) is 8.89. The van der Waals surface area contributed by atoms with Gasteiger partial charge in [0.05, 0.1) is 22.3 Å². The highest BCUT2D eigenvalue weighted by Gasteiger charge is 2.14. The molecule has 0 fully saturated rings. The number of aromatic nitrogens is 1. The van der Waals surface area contributed by atoms with Gasteiger partial charge in [-0.1, -0.05) is 47.5 Å². The lowest BCUT2D eigenvalue weighted by Gasteiger charge is -2.10. The van der Waals surface area contributed by atoms with Crippen LogP contribution in [0.3, 0.4) is 0 Å². The van der Waals surface area contributed by atoms with Crippen LogP contribution in [0.1, 0.15) is 15.9 Å². The second-order valence-electron chi connectivity index (χ2n) is 6.57.